The first-order valence-electron chi connectivity index (χ1n) is 7.30. The number of benzene rings is 1. The molecule has 3 atom stereocenters. The highest BCUT2D eigenvalue weighted by molar-refractivity contribution is 5.14. The molecule has 20 heavy (non-hydrogen) atoms. The molecule has 2 heterocycles. The van der Waals surface area contributed by atoms with E-state index in [1.54, 1.807) is 0 Å². The van der Waals surface area contributed by atoms with Gasteiger partial charge in [-0.25, -0.2) is 0 Å². The average Bonchev–Trinajstić information content (AvgIpc) is 2.41. The van der Waals surface area contributed by atoms with Crippen molar-refractivity contribution >= 4 is 0 Å². The molecule has 0 aromatic heterocycles. The molecule has 2 aliphatic rings. The smallest absolute Gasteiger partial charge is 0.163 e. The highest BCUT2D eigenvalue weighted by atomic mass is 16.7. The number of fused-ring (bicyclic) bond motifs is 1. The minimum Gasteiger partial charge on any atom is -0.389 e. The Morgan fingerprint density at radius 2 is 2.00 bits per heavy atom. The van der Waals surface area contributed by atoms with Crippen LogP contribution in [0.2, 0.25) is 0 Å². The van der Waals surface area contributed by atoms with Gasteiger partial charge in [-0.05, 0) is 19.4 Å². The summed E-state index contributed by atoms with van der Waals surface area (Å²) < 4.78 is 11.6. The number of aliphatic hydroxyl groups excluding tert-OH is 1. The van der Waals surface area contributed by atoms with E-state index in [9.17, 15) is 5.11 Å². The van der Waals surface area contributed by atoms with Gasteiger partial charge in [0.05, 0.1) is 18.8 Å². The summed E-state index contributed by atoms with van der Waals surface area (Å²) in [5.41, 5.74) is 1.27. The molecule has 110 valence electrons. The zero-order valence-corrected chi connectivity index (χ0v) is 12.2. The van der Waals surface area contributed by atoms with Crippen molar-refractivity contribution in [3.05, 3.63) is 35.9 Å². The highest BCUT2D eigenvalue weighted by Gasteiger charge is 2.44. The number of ether oxygens (including phenoxy) is 2. The zero-order valence-electron chi connectivity index (χ0n) is 12.2. The molecule has 1 N–H and O–H groups in total. The van der Waals surface area contributed by atoms with Crippen LogP contribution >= 0.6 is 0 Å². The van der Waals surface area contributed by atoms with E-state index >= 15 is 0 Å². The van der Waals surface area contributed by atoms with Crippen molar-refractivity contribution in [2.75, 3.05) is 19.7 Å². The number of aliphatic hydroxyl groups is 1. The van der Waals surface area contributed by atoms with Gasteiger partial charge >= 0.3 is 0 Å². The molecule has 2 saturated heterocycles. The number of piperidine rings is 1. The van der Waals surface area contributed by atoms with Crippen LogP contribution in [-0.4, -0.2) is 47.7 Å². The van der Waals surface area contributed by atoms with Crippen molar-refractivity contribution in [2.45, 2.75) is 38.4 Å². The molecule has 4 nitrogen and oxygen atoms in total. The molecule has 1 aromatic carbocycles. The Hall–Kier alpha value is -0.940. The summed E-state index contributed by atoms with van der Waals surface area (Å²) in [6.45, 7) is 6.90. The fraction of sp³-hybridized carbons (Fsp3) is 0.625. The lowest BCUT2D eigenvalue weighted by atomic mass is 9.91. The van der Waals surface area contributed by atoms with Crippen LogP contribution in [0.4, 0.5) is 0 Å². The molecule has 4 heteroatoms. The van der Waals surface area contributed by atoms with Crippen LogP contribution in [0.5, 0.6) is 0 Å². The van der Waals surface area contributed by atoms with E-state index in [-0.39, 0.29) is 12.0 Å². The summed E-state index contributed by atoms with van der Waals surface area (Å²) in [7, 11) is 0. The van der Waals surface area contributed by atoms with Crippen molar-refractivity contribution in [3.8, 4) is 0 Å². The van der Waals surface area contributed by atoms with Crippen molar-refractivity contribution in [2.24, 2.45) is 5.92 Å². The Labute approximate surface area is 120 Å². The lowest BCUT2D eigenvalue weighted by molar-refractivity contribution is -0.318. The molecule has 3 rings (SSSR count). The van der Waals surface area contributed by atoms with Crippen molar-refractivity contribution in [1.82, 2.24) is 4.90 Å². The summed E-state index contributed by atoms with van der Waals surface area (Å²) in [4.78, 5) is 2.28. The van der Waals surface area contributed by atoms with Crippen molar-refractivity contribution < 1.29 is 14.6 Å². The minimum absolute atomic E-state index is 0.106. The van der Waals surface area contributed by atoms with Gasteiger partial charge in [0.15, 0.2) is 5.79 Å². The van der Waals surface area contributed by atoms with E-state index in [4.69, 9.17) is 9.47 Å². The van der Waals surface area contributed by atoms with Gasteiger partial charge in [0.25, 0.3) is 0 Å². The van der Waals surface area contributed by atoms with Crippen molar-refractivity contribution in [1.29, 1.82) is 0 Å². The maximum Gasteiger partial charge on any atom is 0.163 e. The van der Waals surface area contributed by atoms with Gasteiger partial charge in [0.1, 0.15) is 0 Å². The third-order valence-corrected chi connectivity index (χ3v) is 4.10. The molecule has 1 aromatic rings. The Bertz CT molecular complexity index is 448. The monoisotopic (exact) mass is 277 g/mol. The summed E-state index contributed by atoms with van der Waals surface area (Å²) in [6.07, 6.45) is -0.550. The highest BCUT2D eigenvalue weighted by Crippen LogP contribution is 2.32. The maximum atomic E-state index is 10.4. The van der Waals surface area contributed by atoms with Gasteiger partial charge in [0.2, 0.25) is 0 Å². The first-order valence-corrected chi connectivity index (χ1v) is 7.30. The van der Waals surface area contributed by atoms with E-state index in [1.807, 2.05) is 32.0 Å². The van der Waals surface area contributed by atoms with Gasteiger partial charge in [0, 0.05) is 25.6 Å². The predicted molar refractivity (Wildman–Crippen MR) is 76.1 cm³/mol. The van der Waals surface area contributed by atoms with E-state index in [1.165, 1.54) is 5.56 Å². The maximum absolute atomic E-state index is 10.4. The standard InChI is InChI=1S/C16H23NO3/c1-16(2)19-11-13-9-17(10-14(18)15(13)20-16)8-12-6-4-3-5-7-12/h3-7,13-15,18H,8-11H2,1-2H3. The second kappa shape index (κ2) is 5.45. The molecular formula is C16H23NO3. The van der Waals surface area contributed by atoms with E-state index in [2.05, 4.69) is 17.0 Å². The molecule has 3 unspecified atom stereocenters. The topological polar surface area (TPSA) is 41.9 Å². The third-order valence-electron chi connectivity index (χ3n) is 4.10. The molecule has 0 saturated carbocycles. The summed E-state index contributed by atoms with van der Waals surface area (Å²) >= 11 is 0. The van der Waals surface area contributed by atoms with Gasteiger partial charge in [-0.2, -0.15) is 0 Å². The van der Waals surface area contributed by atoms with Gasteiger partial charge in [-0.15, -0.1) is 0 Å². The number of likely N-dealkylation sites (tertiary alicyclic amines) is 1. The second-order valence-electron chi connectivity index (χ2n) is 6.30. The minimum atomic E-state index is -0.580. The molecule has 0 radical (unpaired) electrons. The number of hydrogen-bond donors (Lipinski definition) is 1. The Kier molecular flexibility index (Phi) is 3.82. The molecular weight excluding hydrogens is 254 g/mol. The van der Waals surface area contributed by atoms with Crippen molar-refractivity contribution in [3.63, 3.8) is 0 Å². The largest absolute Gasteiger partial charge is 0.389 e. The summed E-state index contributed by atoms with van der Waals surface area (Å²) in [5, 5.41) is 10.4. The molecule has 2 aliphatic heterocycles. The molecule has 0 bridgehead atoms. The predicted octanol–water partition coefficient (Wildman–Crippen LogP) is 1.63. The number of nitrogens with zero attached hydrogens (tertiary/aromatic N) is 1. The van der Waals surface area contributed by atoms with Gasteiger partial charge < -0.3 is 14.6 Å². The van der Waals surface area contributed by atoms with Crippen LogP contribution in [0.3, 0.4) is 0 Å². The van der Waals surface area contributed by atoms with Gasteiger partial charge in [-0.3, -0.25) is 4.90 Å². The zero-order chi connectivity index (χ0) is 14.2. The van der Waals surface area contributed by atoms with Crippen LogP contribution in [0, 0.1) is 5.92 Å². The van der Waals surface area contributed by atoms with Crippen LogP contribution in [0.25, 0.3) is 0 Å². The average molecular weight is 277 g/mol. The van der Waals surface area contributed by atoms with E-state index in [0.717, 1.165) is 13.1 Å². The molecule has 2 fully saturated rings. The fourth-order valence-corrected chi connectivity index (χ4v) is 3.16. The first-order chi connectivity index (χ1) is 9.53. The molecule has 0 aliphatic carbocycles. The Morgan fingerprint density at radius 3 is 2.75 bits per heavy atom. The first kappa shape index (κ1) is 14.0. The summed E-state index contributed by atoms with van der Waals surface area (Å²) in [6, 6.07) is 10.4. The lowest BCUT2D eigenvalue weighted by Gasteiger charge is -2.48. The Balaban J connectivity index is 1.65. The van der Waals surface area contributed by atoms with E-state index < -0.39 is 11.9 Å². The summed E-state index contributed by atoms with van der Waals surface area (Å²) in [5.74, 6) is -0.334. The van der Waals surface area contributed by atoms with Crippen LogP contribution < -0.4 is 0 Å². The molecule has 0 amide bonds. The number of rotatable bonds is 2. The van der Waals surface area contributed by atoms with E-state index in [0.29, 0.717) is 13.2 Å². The number of β-amino-alcohol motifs (C(OH)–C–C–N with tert-alkyl or cyclic N) is 1. The van der Waals surface area contributed by atoms with Crippen LogP contribution in [-0.2, 0) is 16.0 Å². The SMILES string of the molecule is CC1(C)OCC2CN(Cc3ccccc3)CC(O)C2O1. The quantitative estimate of drug-likeness (QED) is 0.892. The number of hydrogen-bond acceptors (Lipinski definition) is 4. The van der Waals surface area contributed by atoms with Crippen LogP contribution in [0.1, 0.15) is 19.4 Å². The normalized spacial score (nSPS) is 33.6. The Morgan fingerprint density at radius 1 is 1.25 bits per heavy atom. The fourth-order valence-electron chi connectivity index (χ4n) is 3.16. The third kappa shape index (κ3) is 3.04. The van der Waals surface area contributed by atoms with Gasteiger partial charge in [-0.1, -0.05) is 30.3 Å². The second-order valence-corrected chi connectivity index (χ2v) is 6.30. The lowest BCUT2D eigenvalue weighted by Crippen LogP contribution is -2.60. The van der Waals surface area contributed by atoms with Crippen LogP contribution in [0.15, 0.2) is 30.3 Å². The molecule has 0 spiro atoms.